The number of carboxylic acids is 1. The number of sulfone groups is 1. The van der Waals surface area contributed by atoms with Crippen LogP contribution in [-0.4, -0.2) is 72.5 Å². The number of halogens is 1. The first kappa shape index (κ1) is 17.7. The van der Waals surface area contributed by atoms with E-state index < -0.39 is 15.8 Å². The molecule has 1 N–H and O–H groups in total. The van der Waals surface area contributed by atoms with E-state index in [0.717, 1.165) is 5.56 Å². The number of nitrogens with zero attached hydrogens (tertiary/aromatic N) is 2. The third-order valence-corrected chi connectivity index (χ3v) is 6.92. The fourth-order valence-electron chi connectivity index (χ4n) is 3.66. The number of fused-ring (bicyclic) bond motifs is 1. The highest BCUT2D eigenvalue weighted by molar-refractivity contribution is 7.91. The molecule has 132 valence electrons. The second-order valence-electron chi connectivity index (χ2n) is 6.45. The van der Waals surface area contributed by atoms with Gasteiger partial charge in [-0.3, -0.25) is 14.6 Å². The summed E-state index contributed by atoms with van der Waals surface area (Å²) in [5, 5.41) is 9.58. The van der Waals surface area contributed by atoms with Gasteiger partial charge in [0.25, 0.3) is 0 Å². The summed E-state index contributed by atoms with van der Waals surface area (Å²) in [6.07, 6.45) is 0.0355. The summed E-state index contributed by atoms with van der Waals surface area (Å²) in [6, 6.07) is 7.35. The molecule has 0 spiro atoms. The second-order valence-corrected chi connectivity index (χ2v) is 9.01. The number of carboxylic acid groups (broad SMARTS) is 1. The maximum atomic E-state index is 12.1. The van der Waals surface area contributed by atoms with Gasteiger partial charge in [0.05, 0.1) is 17.9 Å². The normalized spacial score (nSPS) is 27.0. The summed E-state index contributed by atoms with van der Waals surface area (Å²) >= 11 is 6.24. The van der Waals surface area contributed by atoms with E-state index in [9.17, 15) is 13.2 Å². The maximum Gasteiger partial charge on any atom is 0.304 e. The fraction of sp³-hybridized carbons (Fsp3) is 0.562. The van der Waals surface area contributed by atoms with Crippen molar-refractivity contribution in [1.29, 1.82) is 0 Å². The third-order valence-electron chi connectivity index (χ3n) is 4.85. The minimum Gasteiger partial charge on any atom is -0.481 e. The van der Waals surface area contributed by atoms with E-state index in [1.54, 1.807) is 0 Å². The Morgan fingerprint density at radius 1 is 1.17 bits per heavy atom. The molecule has 1 aromatic rings. The molecular formula is C16H21ClN2O4S. The van der Waals surface area contributed by atoms with Crippen molar-refractivity contribution in [2.75, 3.05) is 31.1 Å². The summed E-state index contributed by atoms with van der Waals surface area (Å²) in [5.41, 5.74) is 0.987. The highest BCUT2D eigenvalue weighted by Crippen LogP contribution is 2.29. The van der Waals surface area contributed by atoms with Crippen LogP contribution in [0.3, 0.4) is 0 Å². The van der Waals surface area contributed by atoms with Gasteiger partial charge < -0.3 is 5.11 Å². The quantitative estimate of drug-likeness (QED) is 0.833. The molecule has 0 unspecified atom stereocenters. The molecule has 8 heteroatoms. The highest BCUT2D eigenvalue weighted by Gasteiger charge is 2.46. The monoisotopic (exact) mass is 372 g/mol. The second kappa shape index (κ2) is 7.00. The molecule has 0 aromatic heterocycles. The first-order valence-corrected chi connectivity index (χ1v) is 10.2. The lowest BCUT2D eigenvalue weighted by Crippen LogP contribution is -2.58. The van der Waals surface area contributed by atoms with Crippen molar-refractivity contribution in [3.8, 4) is 0 Å². The van der Waals surface area contributed by atoms with Crippen LogP contribution in [-0.2, 0) is 21.2 Å². The maximum absolute atomic E-state index is 12.1. The molecule has 2 heterocycles. The van der Waals surface area contributed by atoms with Crippen LogP contribution < -0.4 is 0 Å². The largest absolute Gasteiger partial charge is 0.481 e. The highest BCUT2D eigenvalue weighted by atomic mass is 35.5. The Morgan fingerprint density at radius 3 is 2.46 bits per heavy atom. The molecule has 0 saturated carbocycles. The minimum atomic E-state index is -3.10. The molecule has 1 aromatic carbocycles. The number of piperazine rings is 1. The number of aliphatic carboxylic acids is 1. The Labute approximate surface area is 146 Å². The number of rotatable bonds is 5. The molecule has 6 nitrogen and oxygen atoms in total. The lowest BCUT2D eigenvalue weighted by molar-refractivity contribution is -0.137. The van der Waals surface area contributed by atoms with Gasteiger partial charge in [-0.05, 0) is 11.6 Å². The predicted molar refractivity (Wildman–Crippen MR) is 91.9 cm³/mol. The van der Waals surface area contributed by atoms with E-state index in [4.69, 9.17) is 16.7 Å². The summed E-state index contributed by atoms with van der Waals surface area (Å²) in [6.45, 7) is 2.39. The SMILES string of the molecule is O=C(O)CCN1CCN(Cc2ccccc2Cl)[C@H]2CS(=O)(=O)C[C@H]21. The predicted octanol–water partition coefficient (Wildman–Crippen LogP) is 1.10. The molecule has 3 rings (SSSR count). The minimum absolute atomic E-state index is 0.0355. The van der Waals surface area contributed by atoms with Crippen molar-refractivity contribution >= 4 is 27.4 Å². The zero-order valence-electron chi connectivity index (χ0n) is 13.3. The van der Waals surface area contributed by atoms with Gasteiger partial charge in [0, 0.05) is 43.3 Å². The Morgan fingerprint density at radius 2 is 1.79 bits per heavy atom. The average molecular weight is 373 g/mol. The summed E-state index contributed by atoms with van der Waals surface area (Å²) in [7, 11) is -3.10. The standard InChI is InChI=1S/C16H21ClN2O4S/c17-13-4-2-1-3-12(13)9-19-8-7-18(6-5-16(20)21)14-10-24(22,23)11-15(14)19/h1-4,14-15H,5-11H2,(H,20,21)/t14-,15+/m1/s1. The van der Waals surface area contributed by atoms with Crippen LogP contribution in [0.25, 0.3) is 0 Å². The van der Waals surface area contributed by atoms with Crippen LogP contribution in [0.5, 0.6) is 0 Å². The molecule has 2 atom stereocenters. The summed E-state index contributed by atoms with van der Waals surface area (Å²) < 4.78 is 24.3. The molecule has 2 aliphatic heterocycles. The Hall–Kier alpha value is -1.15. The van der Waals surface area contributed by atoms with Crippen molar-refractivity contribution in [2.45, 2.75) is 25.0 Å². The van der Waals surface area contributed by atoms with Gasteiger partial charge in [0.15, 0.2) is 9.84 Å². The van der Waals surface area contributed by atoms with Gasteiger partial charge in [-0.25, -0.2) is 8.42 Å². The Bertz CT molecular complexity index is 725. The number of benzene rings is 1. The number of hydrogen-bond donors (Lipinski definition) is 1. The van der Waals surface area contributed by atoms with Crippen molar-refractivity contribution in [1.82, 2.24) is 9.80 Å². The van der Waals surface area contributed by atoms with E-state index >= 15 is 0 Å². The zero-order chi connectivity index (χ0) is 17.3. The lowest BCUT2D eigenvalue weighted by Gasteiger charge is -2.44. The van der Waals surface area contributed by atoms with E-state index in [-0.39, 0.29) is 30.0 Å². The number of carbonyl (C=O) groups is 1. The van der Waals surface area contributed by atoms with Gasteiger partial charge in [0.2, 0.25) is 0 Å². The smallest absolute Gasteiger partial charge is 0.304 e. The molecule has 0 bridgehead atoms. The topological polar surface area (TPSA) is 77.9 Å². The first-order chi connectivity index (χ1) is 11.4. The molecule has 0 aliphatic carbocycles. The molecule has 0 amide bonds. The number of hydrogen-bond acceptors (Lipinski definition) is 5. The van der Waals surface area contributed by atoms with Gasteiger partial charge in [-0.2, -0.15) is 0 Å². The van der Waals surface area contributed by atoms with Crippen LogP contribution in [0.2, 0.25) is 5.02 Å². The lowest BCUT2D eigenvalue weighted by atomic mass is 10.0. The van der Waals surface area contributed by atoms with Gasteiger partial charge in [0.1, 0.15) is 0 Å². The van der Waals surface area contributed by atoms with E-state index in [1.807, 2.05) is 29.2 Å². The molecule has 2 aliphatic rings. The van der Waals surface area contributed by atoms with Crippen molar-refractivity contribution in [3.05, 3.63) is 34.9 Å². The Balaban J connectivity index is 1.77. The zero-order valence-corrected chi connectivity index (χ0v) is 14.8. The summed E-state index contributed by atoms with van der Waals surface area (Å²) in [4.78, 5) is 15.0. The van der Waals surface area contributed by atoms with E-state index in [2.05, 4.69) is 4.90 Å². The Kier molecular flexibility index (Phi) is 5.15. The van der Waals surface area contributed by atoms with Crippen LogP contribution in [0.15, 0.2) is 24.3 Å². The first-order valence-electron chi connectivity index (χ1n) is 7.99. The van der Waals surface area contributed by atoms with Crippen LogP contribution in [0.4, 0.5) is 0 Å². The van der Waals surface area contributed by atoms with Gasteiger partial charge >= 0.3 is 5.97 Å². The van der Waals surface area contributed by atoms with Crippen molar-refractivity contribution < 1.29 is 18.3 Å². The molecular weight excluding hydrogens is 352 g/mol. The average Bonchev–Trinajstić information content (AvgIpc) is 2.84. The van der Waals surface area contributed by atoms with Gasteiger partial charge in [-0.15, -0.1) is 0 Å². The van der Waals surface area contributed by atoms with Crippen LogP contribution >= 0.6 is 11.6 Å². The fourth-order valence-corrected chi connectivity index (χ4v) is 5.89. The van der Waals surface area contributed by atoms with Crippen molar-refractivity contribution in [2.24, 2.45) is 0 Å². The van der Waals surface area contributed by atoms with E-state index in [0.29, 0.717) is 31.2 Å². The third kappa shape index (κ3) is 3.91. The van der Waals surface area contributed by atoms with E-state index in [1.165, 1.54) is 0 Å². The molecule has 24 heavy (non-hydrogen) atoms. The molecule has 2 saturated heterocycles. The van der Waals surface area contributed by atoms with Crippen LogP contribution in [0.1, 0.15) is 12.0 Å². The van der Waals surface area contributed by atoms with Crippen LogP contribution in [0, 0.1) is 0 Å². The van der Waals surface area contributed by atoms with Gasteiger partial charge in [-0.1, -0.05) is 29.8 Å². The summed E-state index contributed by atoms with van der Waals surface area (Å²) in [5.74, 6) is -0.618. The van der Waals surface area contributed by atoms with Crippen molar-refractivity contribution in [3.63, 3.8) is 0 Å². The molecule has 0 radical (unpaired) electrons. The molecule has 2 fully saturated rings.